The maximum Gasteiger partial charge on any atom is 0.419 e. The van der Waals surface area contributed by atoms with Crippen LogP contribution in [-0.2, 0) is 6.18 Å². The minimum Gasteiger partial charge on any atom is -0.289 e. The Morgan fingerprint density at radius 2 is 1.90 bits per heavy atom. The van der Waals surface area contributed by atoms with Crippen LogP contribution in [0.4, 0.5) is 17.6 Å². The molecule has 2 nitrogen and oxygen atoms in total. The van der Waals surface area contributed by atoms with Crippen LogP contribution in [0.25, 0.3) is 0 Å². The highest BCUT2D eigenvalue weighted by molar-refractivity contribution is 6.09. The van der Waals surface area contributed by atoms with E-state index in [1.807, 2.05) is 0 Å². The van der Waals surface area contributed by atoms with Gasteiger partial charge in [-0.25, -0.2) is 4.39 Å². The number of halogens is 4. The Morgan fingerprint density at radius 3 is 2.50 bits per heavy atom. The SMILES string of the molecule is Cc1ncccc1C(=O)c1ccc(F)c(C(F)(F)F)c1. The maximum atomic E-state index is 13.2. The third kappa shape index (κ3) is 2.68. The van der Waals surface area contributed by atoms with Gasteiger partial charge in [0.1, 0.15) is 5.82 Å². The molecule has 20 heavy (non-hydrogen) atoms. The van der Waals surface area contributed by atoms with E-state index in [1.54, 1.807) is 6.92 Å². The van der Waals surface area contributed by atoms with Gasteiger partial charge in [0.2, 0.25) is 0 Å². The molecule has 0 saturated carbocycles. The van der Waals surface area contributed by atoms with Gasteiger partial charge in [0.05, 0.1) is 5.56 Å². The minimum absolute atomic E-state index is 0.187. The van der Waals surface area contributed by atoms with E-state index in [-0.39, 0.29) is 11.1 Å². The predicted octanol–water partition coefficient (Wildman–Crippen LogP) is 3.78. The van der Waals surface area contributed by atoms with Crippen LogP contribution >= 0.6 is 0 Å². The average Bonchev–Trinajstić information content (AvgIpc) is 2.37. The Labute approximate surface area is 112 Å². The molecular weight excluding hydrogens is 274 g/mol. The highest BCUT2D eigenvalue weighted by atomic mass is 19.4. The monoisotopic (exact) mass is 283 g/mol. The molecule has 6 heteroatoms. The maximum absolute atomic E-state index is 13.2. The topological polar surface area (TPSA) is 30.0 Å². The molecule has 0 bridgehead atoms. The number of rotatable bonds is 2. The third-order valence-corrected chi connectivity index (χ3v) is 2.79. The lowest BCUT2D eigenvalue weighted by molar-refractivity contribution is -0.140. The molecule has 0 unspecified atom stereocenters. The fourth-order valence-electron chi connectivity index (χ4n) is 1.76. The largest absolute Gasteiger partial charge is 0.419 e. The second-order valence-electron chi connectivity index (χ2n) is 4.16. The van der Waals surface area contributed by atoms with Gasteiger partial charge in [-0.3, -0.25) is 9.78 Å². The van der Waals surface area contributed by atoms with Gasteiger partial charge in [-0.2, -0.15) is 13.2 Å². The second-order valence-corrected chi connectivity index (χ2v) is 4.16. The first-order chi connectivity index (χ1) is 9.30. The number of aromatic nitrogens is 1. The quantitative estimate of drug-likeness (QED) is 0.620. The molecule has 104 valence electrons. The molecule has 0 aliphatic carbocycles. The van der Waals surface area contributed by atoms with E-state index in [0.29, 0.717) is 17.8 Å². The Balaban J connectivity index is 2.50. The average molecular weight is 283 g/mol. The van der Waals surface area contributed by atoms with Crippen molar-refractivity contribution in [2.24, 2.45) is 0 Å². The first-order valence-corrected chi connectivity index (χ1v) is 5.64. The number of pyridine rings is 1. The van der Waals surface area contributed by atoms with E-state index < -0.39 is 23.3 Å². The van der Waals surface area contributed by atoms with E-state index in [1.165, 1.54) is 18.3 Å². The fourth-order valence-corrected chi connectivity index (χ4v) is 1.76. The summed E-state index contributed by atoms with van der Waals surface area (Å²) in [5.74, 6) is -2.03. The van der Waals surface area contributed by atoms with Crippen LogP contribution in [0, 0.1) is 12.7 Å². The molecule has 0 saturated heterocycles. The minimum atomic E-state index is -4.84. The summed E-state index contributed by atoms with van der Waals surface area (Å²) in [4.78, 5) is 16.0. The summed E-state index contributed by atoms with van der Waals surface area (Å²) in [5, 5.41) is 0. The number of nitrogens with zero attached hydrogens (tertiary/aromatic N) is 1. The van der Waals surface area contributed by atoms with Gasteiger partial charge in [-0.1, -0.05) is 0 Å². The van der Waals surface area contributed by atoms with Gasteiger partial charge in [0, 0.05) is 23.0 Å². The number of ketones is 1. The van der Waals surface area contributed by atoms with Crippen molar-refractivity contribution in [1.82, 2.24) is 4.98 Å². The molecule has 0 N–H and O–H groups in total. The van der Waals surface area contributed by atoms with Crippen molar-refractivity contribution >= 4 is 5.78 Å². The summed E-state index contributed by atoms with van der Waals surface area (Å²) in [7, 11) is 0. The van der Waals surface area contributed by atoms with Gasteiger partial charge in [0.25, 0.3) is 0 Å². The molecule has 0 aliphatic rings. The van der Waals surface area contributed by atoms with Crippen molar-refractivity contribution in [3.8, 4) is 0 Å². The Morgan fingerprint density at radius 1 is 1.20 bits per heavy atom. The number of benzene rings is 1. The standard InChI is InChI=1S/C14H9F4NO/c1-8-10(3-2-6-19-8)13(20)9-4-5-12(15)11(7-9)14(16,17)18/h2-7H,1H3. The molecule has 0 radical (unpaired) electrons. The van der Waals surface area contributed by atoms with Crippen molar-refractivity contribution in [1.29, 1.82) is 0 Å². The molecule has 2 aromatic rings. The first-order valence-electron chi connectivity index (χ1n) is 5.64. The van der Waals surface area contributed by atoms with E-state index in [0.717, 1.165) is 6.07 Å². The molecule has 0 fully saturated rings. The Bertz CT molecular complexity index is 664. The number of carbonyl (C=O) groups is 1. The number of alkyl halides is 3. The van der Waals surface area contributed by atoms with Crippen LogP contribution in [0.1, 0.15) is 27.2 Å². The van der Waals surface area contributed by atoms with Crippen molar-refractivity contribution < 1.29 is 22.4 Å². The number of hydrogen-bond acceptors (Lipinski definition) is 2. The highest BCUT2D eigenvalue weighted by Crippen LogP contribution is 2.32. The van der Waals surface area contributed by atoms with Crippen LogP contribution in [0.2, 0.25) is 0 Å². The summed E-state index contributed by atoms with van der Waals surface area (Å²) < 4.78 is 51.0. The van der Waals surface area contributed by atoms with Crippen LogP contribution in [0.5, 0.6) is 0 Å². The van der Waals surface area contributed by atoms with Crippen molar-refractivity contribution in [3.05, 3.63) is 64.7 Å². The molecule has 1 aromatic carbocycles. The second kappa shape index (κ2) is 5.03. The van der Waals surface area contributed by atoms with Gasteiger partial charge >= 0.3 is 6.18 Å². The van der Waals surface area contributed by atoms with Crippen molar-refractivity contribution in [2.75, 3.05) is 0 Å². The molecule has 1 heterocycles. The van der Waals surface area contributed by atoms with Crippen molar-refractivity contribution in [3.63, 3.8) is 0 Å². The van der Waals surface area contributed by atoms with Gasteiger partial charge < -0.3 is 0 Å². The van der Waals surface area contributed by atoms with Gasteiger partial charge in [-0.15, -0.1) is 0 Å². The number of hydrogen-bond donors (Lipinski definition) is 0. The van der Waals surface area contributed by atoms with Crippen LogP contribution in [0.15, 0.2) is 36.5 Å². The summed E-state index contributed by atoms with van der Waals surface area (Å²) in [5.41, 5.74) is -1.10. The molecule has 1 aromatic heterocycles. The van der Waals surface area contributed by atoms with E-state index in [4.69, 9.17) is 0 Å². The van der Waals surface area contributed by atoms with Crippen LogP contribution in [-0.4, -0.2) is 10.8 Å². The van der Waals surface area contributed by atoms with Crippen LogP contribution in [0.3, 0.4) is 0 Å². The fraction of sp³-hybridized carbons (Fsp3) is 0.143. The molecule has 0 spiro atoms. The number of carbonyl (C=O) groups excluding carboxylic acids is 1. The summed E-state index contributed by atoms with van der Waals surface area (Å²) >= 11 is 0. The van der Waals surface area contributed by atoms with E-state index in [9.17, 15) is 22.4 Å². The normalized spacial score (nSPS) is 11.4. The Kier molecular flexibility index (Phi) is 3.57. The molecule has 0 amide bonds. The molecular formula is C14H9F4NO. The zero-order chi connectivity index (χ0) is 14.9. The van der Waals surface area contributed by atoms with Crippen LogP contribution < -0.4 is 0 Å². The zero-order valence-electron chi connectivity index (χ0n) is 10.3. The summed E-state index contributed by atoms with van der Waals surface area (Å²) in [6, 6.07) is 5.15. The molecule has 2 rings (SSSR count). The molecule has 0 atom stereocenters. The summed E-state index contributed by atoms with van der Waals surface area (Å²) in [6.07, 6.45) is -3.37. The lowest BCUT2D eigenvalue weighted by Crippen LogP contribution is -2.11. The van der Waals surface area contributed by atoms with E-state index in [2.05, 4.69) is 4.98 Å². The zero-order valence-corrected chi connectivity index (χ0v) is 10.3. The smallest absolute Gasteiger partial charge is 0.289 e. The highest BCUT2D eigenvalue weighted by Gasteiger charge is 2.34. The third-order valence-electron chi connectivity index (χ3n) is 2.79. The van der Waals surface area contributed by atoms with Gasteiger partial charge in [0.15, 0.2) is 5.78 Å². The van der Waals surface area contributed by atoms with E-state index >= 15 is 0 Å². The predicted molar refractivity (Wildman–Crippen MR) is 63.8 cm³/mol. The number of aryl methyl sites for hydroxylation is 1. The molecule has 0 aliphatic heterocycles. The van der Waals surface area contributed by atoms with Crippen molar-refractivity contribution in [2.45, 2.75) is 13.1 Å². The lowest BCUT2D eigenvalue weighted by Gasteiger charge is -2.10. The first kappa shape index (κ1) is 14.2. The van der Waals surface area contributed by atoms with Gasteiger partial charge in [-0.05, 0) is 37.3 Å². The summed E-state index contributed by atoms with van der Waals surface area (Å²) in [6.45, 7) is 1.57. The lowest BCUT2D eigenvalue weighted by atomic mass is 10.00. The Hall–Kier alpha value is -2.24.